The highest BCUT2D eigenvalue weighted by atomic mass is 35.5. The summed E-state index contributed by atoms with van der Waals surface area (Å²) < 4.78 is 0. The number of hydrogen-bond acceptors (Lipinski definition) is 3. The van der Waals surface area contributed by atoms with E-state index < -0.39 is 0 Å². The van der Waals surface area contributed by atoms with Crippen molar-refractivity contribution in [2.45, 2.75) is 19.4 Å². The van der Waals surface area contributed by atoms with E-state index in [2.05, 4.69) is 29.0 Å². The van der Waals surface area contributed by atoms with Crippen LogP contribution in [-0.2, 0) is 0 Å². The number of likely N-dealkylation sites (N-methyl/N-ethyl adjacent to an activating group) is 1. The molecule has 0 fully saturated rings. The van der Waals surface area contributed by atoms with Gasteiger partial charge in [0.1, 0.15) is 0 Å². The van der Waals surface area contributed by atoms with Crippen LogP contribution in [0, 0.1) is 0 Å². The molecule has 0 bridgehead atoms. The maximum absolute atomic E-state index is 12.5. The van der Waals surface area contributed by atoms with Gasteiger partial charge < -0.3 is 10.2 Å². The molecule has 1 aromatic heterocycles. The van der Waals surface area contributed by atoms with E-state index in [9.17, 15) is 4.79 Å². The molecule has 1 heterocycles. The molecule has 0 spiro atoms. The van der Waals surface area contributed by atoms with Crippen molar-refractivity contribution < 1.29 is 4.79 Å². The quantitative estimate of drug-likeness (QED) is 0.944. The lowest BCUT2D eigenvalue weighted by atomic mass is 10.0. The fourth-order valence-electron chi connectivity index (χ4n) is 1.88. The van der Waals surface area contributed by atoms with Gasteiger partial charge in [-0.1, -0.05) is 17.7 Å². The molecule has 1 amide bonds. The third-order valence-electron chi connectivity index (χ3n) is 3.81. The Balaban J connectivity index is 2.28. The first-order valence-corrected chi connectivity index (χ1v) is 7.19. The number of nitrogens with zero attached hydrogens (tertiary/aromatic N) is 2. The van der Waals surface area contributed by atoms with Crippen LogP contribution in [0.5, 0.6) is 0 Å². The van der Waals surface area contributed by atoms with Crippen LogP contribution in [0.3, 0.4) is 0 Å². The fraction of sp³-hybridized carbons (Fsp3) is 0.375. The van der Waals surface area contributed by atoms with Crippen LogP contribution >= 0.6 is 11.6 Å². The molecule has 0 saturated carbocycles. The fourth-order valence-corrected chi connectivity index (χ4v) is 2.11. The van der Waals surface area contributed by atoms with Gasteiger partial charge >= 0.3 is 0 Å². The number of nitrogens with one attached hydrogen (secondary N) is 1. The van der Waals surface area contributed by atoms with Crippen molar-refractivity contribution in [3.8, 4) is 0 Å². The van der Waals surface area contributed by atoms with Gasteiger partial charge in [-0.05, 0) is 46.1 Å². The average Bonchev–Trinajstić information content (AvgIpc) is 2.43. The van der Waals surface area contributed by atoms with Gasteiger partial charge in [0.05, 0.1) is 11.1 Å². The highest BCUT2D eigenvalue weighted by Crippen LogP contribution is 2.22. The van der Waals surface area contributed by atoms with E-state index in [4.69, 9.17) is 11.6 Å². The number of halogens is 1. The first-order valence-electron chi connectivity index (χ1n) is 6.81. The van der Waals surface area contributed by atoms with Gasteiger partial charge in [0.2, 0.25) is 0 Å². The lowest BCUT2D eigenvalue weighted by molar-refractivity contribution is 0.0921. The van der Waals surface area contributed by atoms with Crippen molar-refractivity contribution in [3.05, 3.63) is 41.0 Å². The topological polar surface area (TPSA) is 45.2 Å². The zero-order valence-electron chi connectivity index (χ0n) is 12.8. The summed E-state index contributed by atoms with van der Waals surface area (Å²) in [5, 5.41) is 4.36. The van der Waals surface area contributed by atoms with E-state index in [1.807, 2.05) is 32.3 Å². The minimum absolute atomic E-state index is 0.128. The summed E-state index contributed by atoms with van der Waals surface area (Å²) in [6.45, 7) is 4.68. The van der Waals surface area contributed by atoms with E-state index in [1.54, 1.807) is 12.3 Å². The lowest BCUT2D eigenvalue weighted by Gasteiger charge is -2.32. The highest BCUT2D eigenvalue weighted by Gasteiger charge is 2.22. The number of carbonyl (C=O) groups is 1. The van der Waals surface area contributed by atoms with Gasteiger partial charge in [0, 0.05) is 28.7 Å². The van der Waals surface area contributed by atoms with E-state index >= 15 is 0 Å². The molecule has 0 unspecified atom stereocenters. The Bertz CT molecular complexity index is 668. The van der Waals surface area contributed by atoms with Gasteiger partial charge in [-0.15, -0.1) is 0 Å². The van der Waals surface area contributed by atoms with Crippen molar-refractivity contribution in [2.75, 3.05) is 20.6 Å². The number of benzene rings is 1. The van der Waals surface area contributed by atoms with Crippen molar-refractivity contribution in [1.29, 1.82) is 0 Å². The van der Waals surface area contributed by atoms with Crippen LogP contribution in [0.2, 0.25) is 5.02 Å². The van der Waals surface area contributed by atoms with E-state index in [1.165, 1.54) is 0 Å². The van der Waals surface area contributed by atoms with Gasteiger partial charge in [0.25, 0.3) is 5.91 Å². The molecule has 0 atom stereocenters. The average molecular weight is 306 g/mol. The third-order valence-corrected chi connectivity index (χ3v) is 4.02. The van der Waals surface area contributed by atoms with Crippen LogP contribution in [0.4, 0.5) is 0 Å². The second-order valence-electron chi connectivity index (χ2n) is 5.92. The number of aromatic nitrogens is 1. The Hall–Kier alpha value is -1.65. The SMILES string of the molecule is CN(C)C(C)(C)CNC(=O)c1cc(Cl)cc2cccnc12. The van der Waals surface area contributed by atoms with Crippen LogP contribution in [0.25, 0.3) is 10.9 Å². The molecule has 0 saturated heterocycles. The molecule has 0 radical (unpaired) electrons. The maximum atomic E-state index is 12.5. The largest absolute Gasteiger partial charge is 0.350 e. The predicted octanol–water partition coefficient (Wildman–Crippen LogP) is 2.96. The molecule has 21 heavy (non-hydrogen) atoms. The number of rotatable bonds is 4. The second kappa shape index (κ2) is 6.00. The van der Waals surface area contributed by atoms with Crippen molar-refractivity contribution >= 4 is 28.4 Å². The van der Waals surface area contributed by atoms with Crippen molar-refractivity contribution in [1.82, 2.24) is 15.2 Å². The molecule has 112 valence electrons. The summed E-state index contributed by atoms with van der Waals surface area (Å²) in [7, 11) is 3.98. The van der Waals surface area contributed by atoms with Gasteiger partial charge in [-0.2, -0.15) is 0 Å². The maximum Gasteiger partial charge on any atom is 0.253 e. The first kappa shape index (κ1) is 15.7. The predicted molar refractivity (Wildman–Crippen MR) is 86.9 cm³/mol. The smallest absolute Gasteiger partial charge is 0.253 e. The Labute approximate surface area is 130 Å². The van der Waals surface area contributed by atoms with Crippen LogP contribution in [0.15, 0.2) is 30.5 Å². The lowest BCUT2D eigenvalue weighted by Crippen LogP contribution is -2.48. The Morgan fingerprint density at radius 3 is 2.76 bits per heavy atom. The Morgan fingerprint density at radius 1 is 1.38 bits per heavy atom. The molecule has 5 heteroatoms. The Morgan fingerprint density at radius 2 is 2.10 bits per heavy atom. The second-order valence-corrected chi connectivity index (χ2v) is 6.35. The Kier molecular flexibility index (Phi) is 4.49. The summed E-state index contributed by atoms with van der Waals surface area (Å²) in [5.74, 6) is -0.156. The number of hydrogen-bond donors (Lipinski definition) is 1. The third kappa shape index (κ3) is 3.52. The zero-order valence-corrected chi connectivity index (χ0v) is 13.5. The van der Waals surface area contributed by atoms with Crippen LogP contribution in [0.1, 0.15) is 24.2 Å². The van der Waals surface area contributed by atoms with E-state index in [-0.39, 0.29) is 11.4 Å². The summed E-state index contributed by atoms with van der Waals surface area (Å²) in [4.78, 5) is 18.8. The zero-order chi connectivity index (χ0) is 15.6. The summed E-state index contributed by atoms with van der Waals surface area (Å²) in [6, 6.07) is 7.20. The first-order chi connectivity index (χ1) is 9.81. The monoisotopic (exact) mass is 305 g/mol. The molecule has 4 nitrogen and oxygen atoms in total. The van der Waals surface area contributed by atoms with E-state index in [0.717, 1.165) is 5.39 Å². The minimum atomic E-state index is -0.156. The van der Waals surface area contributed by atoms with Crippen molar-refractivity contribution in [3.63, 3.8) is 0 Å². The van der Waals surface area contributed by atoms with Gasteiger partial charge in [-0.3, -0.25) is 9.78 Å². The molecule has 0 aliphatic heterocycles. The molecule has 2 rings (SSSR count). The number of fused-ring (bicyclic) bond motifs is 1. The molecule has 1 aromatic carbocycles. The molecule has 0 aliphatic carbocycles. The minimum Gasteiger partial charge on any atom is -0.350 e. The summed E-state index contributed by atoms with van der Waals surface area (Å²) >= 11 is 6.09. The summed E-state index contributed by atoms with van der Waals surface area (Å²) in [5.41, 5.74) is 1.05. The molecule has 2 aromatic rings. The number of carbonyl (C=O) groups excluding carboxylic acids is 1. The normalized spacial score (nSPS) is 11.9. The van der Waals surface area contributed by atoms with Gasteiger partial charge in [0.15, 0.2) is 0 Å². The standard InChI is InChI=1S/C16H20ClN3O/c1-16(2,20(3)4)10-19-15(21)13-9-12(17)8-11-6-5-7-18-14(11)13/h5-9H,10H2,1-4H3,(H,19,21). The van der Waals surface area contributed by atoms with Crippen molar-refractivity contribution in [2.24, 2.45) is 0 Å². The molecule has 0 aliphatic rings. The number of amides is 1. The molecular weight excluding hydrogens is 286 g/mol. The summed E-state index contributed by atoms with van der Waals surface area (Å²) in [6.07, 6.45) is 1.68. The van der Waals surface area contributed by atoms with Gasteiger partial charge in [-0.25, -0.2) is 0 Å². The van der Waals surface area contributed by atoms with Crippen LogP contribution < -0.4 is 5.32 Å². The van der Waals surface area contributed by atoms with E-state index in [0.29, 0.717) is 22.6 Å². The number of pyridine rings is 1. The van der Waals surface area contributed by atoms with Crippen LogP contribution in [-0.4, -0.2) is 42.0 Å². The molecule has 1 N–H and O–H groups in total. The highest BCUT2D eigenvalue weighted by molar-refractivity contribution is 6.32. The molecular formula is C16H20ClN3O.